The molecule has 0 spiro atoms. The van der Waals surface area contributed by atoms with Gasteiger partial charge < -0.3 is 19.9 Å². The van der Waals surface area contributed by atoms with Crippen molar-refractivity contribution in [3.63, 3.8) is 0 Å². The third kappa shape index (κ3) is 4.15. The lowest BCUT2D eigenvalue weighted by Crippen LogP contribution is -2.28. The zero-order chi connectivity index (χ0) is 19.5. The molecule has 1 aliphatic carbocycles. The van der Waals surface area contributed by atoms with E-state index in [0.29, 0.717) is 12.0 Å². The molecule has 1 aliphatic rings. The number of rotatable bonds is 6. The average Bonchev–Trinajstić information content (AvgIpc) is 3.07. The summed E-state index contributed by atoms with van der Waals surface area (Å²) in [4.78, 5) is 15.9. The summed E-state index contributed by atoms with van der Waals surface area (Å²) in [6, 6.07) is 6.34. The van der Waals surface area contributed by atoms with Crippen molar-refractivity contribution in [3.8, 4) is 11.3 Å². The molecule has 0 aliphatic heterocycles. The van der Waals surface area contributed by atoms with Crippen molar-refractivity contribution in [2.24, 2.45) is 0 Å². The number of aliphatic hydroxyl groups is 1. The lowest BCUT2D eigenvalue weighted by Gasteiger charge is -2.26. The minimum Gasteiger partial charge on any atom is -0.393 e. The monoisotopic (exact) mass is 380 g/mol. The number of anilines is 1. The van der Waals surface area contributed by atoms with Gasteiger partial charge in [-0.15, -0.1) is 0 Å². The van der Waals surface area contributed by atoms with Gasteiger partial charge in [0.1, 0.15) is 5.65 Å². The van der Waals surface area contributed by atoms with Crippen molar-refractivity contribution in [3.05, 3.63) is 36.8 Å². The Bertz CT molecular complexity index is 930. The van der Waals surface area contributed by atoms with Crippen LogP contribution in [0.15, 0.2) is 36.8 Å². The number of likely N-dealkylation sites (N-methyl/N-ethyl adjacent to an activating group) is 1. The van der Waals surface area contributed by atoms with Gasteiger partial charge in [-0.25, -0.2) is 15.0 Å². The molecule has 3 aromatic heterocycles. The number of hydrogen-bond acceptors (Lipinski definition) is 6. The normalized spacial score (nSPS) is 20.0. The maximum atomic E-state index is 9.70. The Morgan fingerprint density at radius 2 is 1.96 bits per heavy atom. The summed E-state index contributed by atoms with van der Waals surface area (Å²) in [7, 11) is 4.15. The first kappa shape index (κ1) is 18.8. The zero-order valence-corrected chi connectivity index (χ0v) is 16.5. The van der Waals surface area contributed by atoms with Gasteiger partial charge in [0.2, 0.25) is 5.95 Å². The molecule has 0 unspecified atom stereocenters. The highest BCUT2D eigenvalue weighted by atomic mass is 16.3. The molecule has 0 radical (unpaired) electrons. The second kappa shape index (κ2) is 8.24. The minimum atomic E-state index is -0.161. The zero-order valence-electron chi connectivity index (χ0n) is 16.5. The highest BCUT2D eigenvalue weighted by molar-refractivity contribution is 5.93. The van der Waals surface area contributed by atoms with Crippen molar-refractivity contribution in [1.82, 2.24) is 24.4 Å². The molecule has 0 bridgehead atoms. The van der Waals surface area contributed by atoms with Crippen molar-refractivity contribution in [1.29, 1.82) is 0 Å². The summed E-state index contributed by atoms with van der Waals surface area (Å²) >= 11 is 0. The molecule has 0 atom stereocenters. The van der Waals surface area contributed by atoms with Gasteiger partial charge in [-0.3, -0.25) is 0 Å². The lowest BCUT2D eigenvalue weighted by molar-refractivity contribution is 0.126. The molecule has 3 heterocycles. The molecule has 0 aromatic carbocycles. The summed E-state index contributed by atoms with van der Waals surface area (Å²) in [6.07, 6.45) is 9.19. The van der Waals surface area contributed by atoms with Crippen LogP contribution in [-0.2, 0) is 6.54 Å². The molecule has 1 saturated carbocycles. The summed E-state index contributed by atoms with van der Waals surface area (Å²) in [5.41, 5.74) is 2.95. The average molecular weight is 380 g/mol. The number of aromatic nitrogens is 4. The van der Waals surface area contributed by atoms with Crippen LogP contribution in [-0.4, -0.2) is 62.3 Å². The van der Waals surface area contributed by atoms with Crippen LogP contribution in [0.3, 0.4) is 0 Å². The van der Waals surface area contributed by atoms with E-state index >= 15 is 0 Å². The summed E-state index contributed by atoms with van der Waals surface area (Å²) < 4.78 is 2.20. The molecule has 28 heavy (non-hydrogen) atoms. The number of nitrogens with one attached hydrogen (secondary N) is 1. The maximum Gasteiger partial charge on any atom is 0.223 e. The van der Waals surface area contributed by atoms with E-state index in [9.17, 15) is 5.11 Å². The topological polar surface area (TPSA) is 79.1 Å². The van der Waals surface area contributed by atoms with Crippen LogP contribution in [0.2, 0.25) is 0 Å². The Labute approximate surface area is 165 Å². The van der Waals surface area contributed by atoms with Gasteiger partial charge in [0.15, 0.2) is 0 Å². The highest BCUT2D eigenvalue weighted by Crippen LogP contribution is 2.29. The SMILES string of the molecule is CN(C)CCn1cc(-c2ccnc(NC3CCC(O)CC3)n2)c2cccnc21. The van der Waals surface area contributed by atoms with Gasteiger partial charge in [-0.05, 0) is 58.0 Å². The predicted octanol–water partition coefficient (Wildman–Crippen LogP) is 2.77. The fraction of sp³-hybridized carbons (Fsp3) is 0.476. The Balaban J connectivity index is 1.61. The first-order chi connectivity index (χ1) is 13.6. The standard InChI is InChI=1S/C21H28N6O/c1-26(2)12-13-27-14-18(17-4-3-10-22-20(17)27)19-9-11-23-21(25-19)24-15-5-7-16(28)8-6-15/h3-4,9-11,14-16,28H,5-8,12-13H2,1-2H3,(H,23,24,25). The van der Waals surface area contributed by atoms with E-state index in [1.165, 1.54) is 0 Å². The molecule has 1 fully saturated rings. The molecule has 7 nitrogen and oxygen atoms in total. The first-order valence-corrected chi connectivity index (χ1v) is 9.97. The number of hydrogen-bond donors (Lipinski definition) is 2. The van der Waals surface area contributed by atoms with Gasteiger partial charge in [-0.2, -0.15) is 0 Å². The van der Waals surface area contributed by atoms with E-state index in [1.807, 2.05) is 24.5 Å². The largest absolute Gasteiger partial charge is 0.393 e. The number of aliphatic hydroxyl groups excluding tert-OH is 1. The molecular weight excluding hydrogens is 352 g/mol. The van der Waals surface area contributed by atoms with Crippen molar-refractivity contribution in [2.45, 2.75) is 44.4 Å². The number of fused-ring (bicyclic) bond motifs is 1. The van der Waals surface area contributed by atoms with Crippen molar-refractivity contribution < 1.29 is 5.11 Å². The van der Waals surface area contributed by atoms with E-state index in [0.717, 1.165) is 61.1 Å². The Kier molecular flexibility index (Phi) is 5.54. The van der Waals surface area contributed by atoms with Crippen LogP contribution in [0.5, 0.6) is 0 Å². The second-order valence-electron chi connectivity index (χ2n) is 7.83. The molecule has 0 saturated heterocycles. The van der Waals surface area contributed by atoms with Crippen LogP contribution in [0.1, 0.15) is 25.7 Å². The minimum absolute atomic E-state index is 0.161. The molecule has 7 heteroatoms. The Morgan fingerprint density at radius 3 is 2.75 bits per heavy atom. The van der Waals surface area contributed by atoms with Gasteiger partial charge >= 0.3 is 0 Å². The van der Waals surface area contributed by atoms with E-state index in [4.69, 9.17) is 4.98 Å². The van der Waals surface area contributed by atoms with Crippen LogP contribution in [0, 0.1) is 0 Å². The molecule has 148 valence electrons. The number of nitrogens with zero attached hydrogens (tertiary/aromatic N) is 5. The Morgan fingerprint density at radius 1 is 1.14 bits per heavy atom. The quantitative estimate of drug-likeness (QED) is 0.685. The molecular formula is C21H28N6O. The van der Waals surface area contributed by atoms with Crippen molar-refractivity contribution in [2.75, 3.05) is 26.0 Å². The van der Waals surface area contributed by atoms with E-state index in [1.54, 1.807) is 0 Å². The van der Waals surface area contributed by atoms with Crippen LogP contribution < -0.4 is 5.32 Å². The predicted molar refractivity (Wildman–Crippen MR) is 111 cm³/mol. The highest BCUT2D eigenvalue weighted by Gasteiger charge is 2.20. The summed E-state index contributed by atoms with van der Waals surface area (Å²) in [5, 5.41) is 14.2. The number of pyridine rings is 1. The van der Waals surface area contributed by atoms with Gasteiger partial charge in [0.05, 0.1) is 11.8 Å². The molecule has 0 amide bonds. The van der Waals surface area contributed by atoms with Crippen molar-refractivity contribution >= 4 is 17.0 Å². The smallest absolute Gasteiger partial charge is 0.223 e. The molecule has 4 rings (SSSR count). The van der Waals surface area contributed by atoms with Gasteiger partial charge in [0.25, 0.3) is 0 Å². The summed E-state index contributed by atoms with van der Waals surface area (Å²) in [5.74, 6) is 0.650. The van der Waals surface area contributed by atoms with Crippen LogP contribution in [0.4, 0.5) is 5.95 Å². The summed E-state index contributed by atoms with van der Waals surface area (Å²) in [6.45, 7) is 1.82. The fourth-order valence-electron chi connectivity index (χ4n) is 3.79. The first-order valence-electron chi connectivity index (χ1n) is 9.97. The van der Waals surface area contributed by atoms with Gasteiger partial charge in [0, 0.05) is 48.7 Å². The lowest BCUT2D eigenvalue weighted by atomic mass is 9.93. The van der Waals surface area contributed by atoms with Gasteiger partial charge in [-0.1, -0.05) is 0 Å². The van der Waals surface area contributed by atoms with E-state index < -0.39 is 0 Å². The van der Waals surface area contributed by atoms with Crippen LogP contribution in [0.25, 0.3) is 22.3 Å². The van der Waals surface area contributed by atoms with Crippen LogP contribution >= 0.6 is 0 Å². The Hall–Kier alpha value is -2.51. The molecule has 2 N–H and O–H groups in total. The third-order valence-electron chi connectivity index (χ3n) is 5.38. The van der Waals surface area contributed by atoms with E-state index in [-0.39, 0.29) is 6.10 Å². The third-order valence-corrected chi connectivity index (χ3v) is 5.38. The second-order valence-corrected chi connectivity index (χ2v) is 7.83. The maximum absolute atomic E-state index is 9.70. The fourth-order valence-corrected chi connectivity index (χ4v) is 3.79. The van der Waals surface area contributed by atoms with E-state index in [2.05, 4.69) is 51.1 Å². The molecule has 3 aromatic rings.